The van der Waals surface area contributed by atoms with Crippen molar-refractivity contribution >= 4 is 28.6 Å². The minimum absolute atomic E-state index is 0.0429. The Kier molecular flexibility index (Phi) is 9.10. The molecular weight excluding hydrogens is 434 g/mol. The van der Waals surface area contributed by atoms with Crippen molar-refractivity contribution in [1.29, 1.82) is 5.26 Å². The SMILES string of the molecule is CC(Sc1nc2ccccc2c(=O)n1CCN(C(C)C)C(C)C)C(=O)NC(C)(C#N)C(C)C. The molecule has 0 aliphatic rings. The number of amides is 1. The summed E-state index contributed by atoms with van der Waals surface area (Å²) in [5.74, 6) is -0.295. The fraction of sp³-hybridized carbons (Fsp3) is 0.600. The van der Waals surface area contributed by atoms with Crippen molar-refractivity contribution in [3.8, 4) is 6.07 Å². The fourth-order valence-corrected chi connectivity index (χ4v) is 4.57. The van der Waals surface area contributed by atoms with Crippen LogP contribution in [0, 0.1) is 17.2 Å². The van der Waals surface area contributed by atoms with Crippen LogP contribution in [0.5, 0.6) is 0 Å². The molecule has 2 aromatic rings. The maximum Gasteiger partial charge on any atom is 0.262 e. The van der Waals surface area contributed by atoms with Crippen molar-refractivity contribution in [2.45, 2.75) is 90.0 Å². The minimum atomic E-state index is -0.961. The molecule has 180 valence electrons. The molecular formula is C25H37N5O2S. The van der Waals surface area contributed by atoms with Crippen LogP contribution in [0.3, 0.4) is 0 Å². The summed E-state index contributed by atoms with van der Waals surface area (Å²) in [5.41, 5.74) is -0.452. The number of para-hydroxylation sites is 1. The Morgan fingerprint density at radius 3 is 2.33 bits per heavy atom. The lowest BCUT2D eigenvalue weighted by Gasteiger charge is -2.31. The monoisotopic (exact) mass is 471 g/mol. The molecule has 0 saturated carbocycles. The number of hydrogen-bond acceptors (Lipinski definition) is 6. The molecule has 0 spiro atoms. The highest BCUT2D eigenvalue weighted by atomic mass is 32.2. The first kappa shape index (κ1) is 26.9. The van der Waals surface area contributed by atoms with Crippen LogP contribution in [0.2, 0.25) is 0 Å². The molecule has 1 aromatic heterocycles. The smallest absolute Gasteiger partial charge is 0.262 e. The molecule has 0 aliphatic heterocycles. The molecule has 0 bridgehead atoms. The van der Waals surface area contributed by atoms with E-state index in [0.29, 0.717) is 41.2 Å². The number of hydrogen-bond donors (Lipinski definition) is 1. The van der Waals surface area contributed by atoms with Gasteiger partial charge in [0.15, 0.2) is 5.16 Å². The quantitative estimate of drug-likeness (QED) is 0.415. The molecule has 0 aliphatic carbocycles. The molecule has 1 aromatic carbocycles. The van der Waals surface area contributed by atoms with Crippen molar-refractivity contribution in [3.63, 3.8) is 0 Å². The Hall–Kier alpha value is -2.37. The number of nitrogens with zero attached hydrogens (tertiary/aromatic N) is 4. The van der Waals surface area contributed by atoms with Gasteiger partial charge in [0.2, 0.25) is 5.91 Å². The summed E-state index contributed by atoms with van der Waals surface area (Å²) in [6, 6.07) is 10.2. The van der Waals surface area contributed by atoms with Crippen molar-refractivity contribution in [3.05, 3.63) is 34.6 Å². The highest BCUT2D eigenvalue weighted by Crippen LogP contribution is 2.24. The predicted octanol–water partition coefficient (Wildman–Crippen LogP) is 4.05. The number of rotatable bonds is 10. The second-order valence-electron chi connectivity index (χ2n) is 9.51. The first-order chi connectivity index (χ1) is 15.4. The summed E-state index contributed by atoms with van der Waals surface area (Å²) in [4.78, 5) is 33.4. The van der Waals surface area contributed by atoms with Crippen LogP contribution in [0.15, 0.2) is 34.2 Å². The summed E-state index contributed by atoms with van der Waals surface area (Å²) in [5, 5.41) is 13.0. The van der Waals surface area contributed by atoms with E-state index in [1.54, 1.807) is 24.5 Å². The van der Waals surface area contributed by atoms with Gasteiger partial charge in [0.25, 0.3) is 5.56 Å². The molecule has 0 fully saturated rings. The first-order valence-electron chi connectivity index (χ1n) is 11.6. The van der Waals surface area contributed by atoms with Gasteiger partial charge in [0.1, 0.15) is 5.54 Å². The van der Waals surface area contributed by atoms with Crippen LogP contribution in [-0.4, -0.2) is 49.8 Å². The molecule has 0 radical (unpaired) electrons. The summed E-state index contributed by atoms with van der Waals surface area (Å²) < 4.78 is 1.68. The van der Waals surface area contributed by atoms with Gasteiger partial charge in [-0.25, -0.2) is 4.98 Å². The molecule has 2 unspecified atom stereocenters. The number of nitriles is 1. The van der Waals surface area contributed by atoms with E-state index in [2.05, 4.69) is 44.0 Å². The average molecular weight is 472 g/mol. The average Bonchev–Trinajstić information content (AvgIpc) is 2.74. The van der Waals surface area contributed by atoms with Gasteiger partial charge in [-0.05, 0) is 59.6 Å². The molecule has 8 heteroatoms. The van der Waals surface area contributed by atoms with Crippen molar-refractivity contribution in [2.24, 2.45) is 5.92 Å². The third-order valence-electron chi connectivity index (χ3n) is 6.16. The van der Waals surface area contributed by atoms with E-state index in [9.17, 15) is 14.9 Å². The summed E-state index contributed by atoms with van der Waals surface area (Å²) >= 11 is 1.25. The normalized spacial score (nSPS) is 14.6. The number of carbonyl (C=O) groups excluding carboxylic acids is 1. The largest absolute Gasteiger partial charge is 0.337 e. The van der Waals surface area contributed by atoms with Crippen molar-refractivity contribution < 1.29 is 4.79 Å². The van der Waals surface area contributed by atoms with Crippen LogP contribution in [0.4, 0.5) is 0 Å². The zero-order valence-corrected chi connectivity index (χ0v) is 21.9. The predicted molar refractivity (Wildman–Crippen MR) is 135 cm³/mol. The lowest BCUT2D eigenvalue weighted by atomic mass is 9.90. The van der Waals surface area contributed by atoms with Gasteiger partial charge >= 0.3 is 0 Å². The van der Waals surface area contributed by atoms with E-state index in [1.807, 2.05) is 32.0 Å². The lowest BCUT2D eigenvalue weighted by molar-refractivity contribution is -0.121. The van der Waals surface area contributed by atoms with E-state index in [0.717, 1.165) is 0 Å². The van der Waals surface area contributed by atoms with Gasteiger partial charge in [-0.2, -0.15) is 5.26 Å². The summed E-state index contributed by atoms with van der Waals surface area (Å²) in [6.45, 7) is 17.1. The number of nitrogens with one attached hydrogen (secondary N) is 1. The van der Waals surface area contributed by atoms with Crippen molar-refractivity contribution in [1.82, 2.24) is 19.8 Å². The van der Waals surface area contributed by atoms with Gasteiger partial charge in [0, 0.05) is 25.2 Å². The van der Waals surface area contributed by atoms with E-state index in [-0.39, 0.29) is 17.4 Å². The minimum Gasteiger partial charge on any atom is -0.337 e. The van der Waals surface area contributed by atoms with Crippen LogP contribution >= 0.6 is 11.8 Å². The Labute approximate surface area is 201 Å². The lowest BCUT2D eigenvalue weighted by Crippen LogP contribution is -2.51. The molecule has 1 amide bonds. The van der Waals surface area contributed by atoms with Gasteiger partial charge < -0.3 is 5.32 Å². The zero-order valence-electron chi connectivity index (χ0n) is 21.0. The van der Waals surface area contributed by atoms with E-state index < -0.39 is 10.8 Å². The standard InChI is InChI=1S/C25H37N5O2S/c1-16(2)25(8,15-26)28-22(31)19(7)33-24-27-21-12-10-9-11-20(21)23(32)30(24)14-13-29(17(3)4)18(5)6/h9-12,16-19H,13-14H2,1-8H3,(H,28,31). The summed E-state index contributed by atoms with van der Waals surface area (Å²) in [6.07, 6.45) is 0. The molecule has 1 N–H and O–H groups in total. The number of fused-ring (bicyclic) bond motifs is 1. The fourth-order valence-electron chi connectivity index (χ4n) is 3.63. The van der Waals surface area contributed by atoms with Crippen LogP contribution in [0.25, 0.3) is 10.9 Å². The number of carbonyl (C=O) groups is 1. The zero-order chi connectivity index (χ0) is 24.9. The molecule has 2 atom stereocenters. The Balaban J connectivity index is 2.39. The molecule has 7 nitrogen and oxygen atoms in total. The van der Waals surface area contributed by atoms with E-state index >= 15 is 0 Å². The third-order valence-corrected chi connectivity index (χ3v) is 7.25. The van der Waals surface area contributed by atoms with Crippen LogP contribution in [-0.2, 0) is 11.3 Å². The van der Waals surface area contributed by atoms with Crippen LogP contribution < -0.4 is 10.9 Å². The van der Waals surface area contributed by atoms with Crippen molar-refractivity contribution in [2.75, 3.05) is 6.54 Å². The molecule has 33 heavy (non-hydrogen) atoms. The maximum absolute atomic E-state index is 13.4. The van der Waals surface area contributed by atoms with Gasteiger partial charge in [-0.3, -0.25) is 19.1 Å². The Bertz CT molecular complexity index is 1060. The summed E-state index contributed by atoms with van der Waals surface area (Å²) in [7, 11) is 0. The van der Waals surface area contributed by atoms with Crippen LogP contribution in [0.1, 0.15) is 55.4 Å². The first-order valence-corrected chi connectivity index (χ1v) is 12.4. The van der Waals surface area contributed by atoms with E-state index in [4.69, 9.17) is 4.98 Å². The second-order valence-corrected chi connectivity index (χ2v) is 10.8. The third kappa shape index (κ3) is 6.36. The topological polar surface area (TPSA) is 91.0 Å². The number of benzene rings is 1. The highest BCUT2D eigenvalue weighted by Gasteiger charge is 2.32. The second kappa shape index (κ2) is 11.2. The number of thioether (sulfide) groups is 1. The Morgan fingerprint density at radius 1 is 1.18 bits per heavy atom. The van der Waals surface area contributed by atoms with E-state index in [1.165, 1.54) is 11.8 Å². The highest BCUT2D eigenvalue weighted by molar-refractivity contribution is 8.00. The maximum atomic E-state index is 13.4. The van der Waals surface area contributed by atoms with Gasteiger partial charge in [0.05, 0.1) is 22.2 Å². The molecule has 0 saturated heterocycles. The molecule has 1 heterocycles. The Morgan fingerprint density at radius 2 is 1.79 bits per heavy atom. The molecule has 2 rings (SSSR count). The number of aromatic nitrogens is 2. The van der Waals surface area contributed by atoms with Gasteiger partial charge in [-0.15, -0.1) is 0 Å². The van der Waals surface area contributed by atoms with Gasteiger partial charge in [-0.1, -0.05) is 37.7 Å².